The number of amides is 1. The van der Waals surface area contributed by atoms with E-state index in [4.69, 9.17) is 15.2 Å². The lowest BCUT2D eigenvalue weighted by atomic mass is 9.87. The van der Waals surface area contributed by atoms with Crippen LogP contribution in [0.1, 0.15) is 26.3 Å². The molecule has 0 bridgehead atoms. The molecule has 0 atom stereocenters. The summed E-state index contributed by atoms with van der Waals surface area (Å²) in [5.74, 6) is 1.02. The van der Waals surface area contributed by atoms with Gasteiger partial charge in [-0.25, -0.2) is 0 Å². The van der Waals surface area contributed by atoms with Gasteiger partial charge in [-0.1, -0.05) is 32.9 Å². The third kappa shape index (κ3) is 4.65. The number of hydrogen-bond donors (Lipinski definition) is 2. The average molecular weight is 328 g/mol. The van der Waals surface area contributed by atoms with Gasteiger partial charge in [0.15, 0.2) is 6.61 Å². The highest BCUT2D eigenvalue weighted by Crippen LogP contribution is 2.25. The number of ether oxygens (including phenoxy) is 2. The van der Waals surface area contributed by atoms with Crippen LogP contribution in [0.4, 0.5) is 11.4 Å². The first-order valence-electron chi connectivity index (χ1n) is 7.76. The summed E-state index contributed by atoms with van der Waals surface area (Å²) in [6.45, 7) is 6.36. The fourth-order valence-corrected chi connectivity index (χ4v) is 2.17. The van der Waals surface area contributed by atoms with Gasteiger partial charge in [0.1, 0.15) is 11.5 Å². The maximum Gasteiger partial charge on any atom is 0.262 e. The van der Waals surface area contributed by atoms with E-state index in [-0.39, 0.29) is 17.9 Å². The van der Waals surface area contributed by atoms with Crippen molar-refractivity contribution in [3.63, 3.8) is 0 Å². The molecule has 128 valence electrons. The van der Waals surface area contributed by atoms with Crippen molar-refractivity contribution in [1.82, 2.24) is 0 Å². The SMILES string of the molecule is COc1ccc(NC(=O)COc2ccc(C(C)(C)C)cc2)c(N)c1. The highest BCUT2D eigenvalue weighted by molar-refractivity contribution is 5.95. The Kier molecular flexibility index (Phi) is 5.34. The number of carbonyl (C=O) groups excluding carboxylic acids is 1. The van der Waals surface area contributed by atoms with Crippen molar-refractivity contribution in [2.45, 2.75) is 26.2 Å². The molecule has 0 spiro atoms. The summed E-state index contributed by atoms with van der Waals surface area (Å²) in [6, 6.07) is 12.8. The lowest BCUT2D eigenvalue weighted by molar-refractivity contribution is -0.118. The van der Waals surface area contributed by atoms with Crippen molar-refractivity contribution in [3.05, 3.63) is 48.0 Å². The Labute approximate surface area is 142 Å². The fraction of sp³-hybridized carbons (Fsp3) is 0.316. The number of rotatable bonds is 5. The van der Waals surface area contributed by atoms with Gasteiger partial charge in [-0.15, -0.1) is 0 Å². The Morgan fingerprint density at radius 2 is 1.71 bits per heavy atom. The Hall–Kier alpha value is -2.69. The van der Waals surface area contributed by atoms with Gasteiger partial charge in [-0.3, -0.25) is 4.79 Å². The van der Waals surface area contributed by atoms with Crippen molar-refractivity contribution in [2.75, 3.05) is 24.8 Å². The molecule has 0 unspecified atom stereocenters. The van der Waals surface area contributed by atoms with Crippen molar-refractivity contribution >= 4 is 17.3 Å². The second-order valence-corrected chi connectivity index (χ2v) is 6.56. The second kappa shape index (κ2) is 7.25. The molecular weight excluding hydrogens is 304 g/mol. The molecule has 24 heavy (non-hydrogen) atoms. The van der Waals surface area contributed by atoms with E-state index < -0.39 is 0 Å². The highest BCUT2D eigenvalue weighted by Gasteiger charge is 2.13. The van der Waals surface area contributed by atoms with Crippen LogP contribution < -0.4 is 20.5 Å². The number of nitrogens with one attached hydrogen (secondary N) is 1. The lowest BCUT2D eigenvalue weighted by Crippen LogP contribution is -2.20. The number of carbonyl (C=O) groups is 1. The lowest BCUT2D eigenvalue weighted by Gasteiger charge is -2.19. The van der Waals surface area contributed by atoms with E-state index in [1.165, 1.54) is 5.56 Å². The summed E-state index contributed by atoms with van der Waals surface area (Å²) >= 11 is 0. The van der Waals surface area contributed by atoms with Crippen LogP contribution in [0, 0.1) is 0 Å². The molecule has 0 aliphatic rings. The Bertz CT molecular complexity index is 704. The fourth-order valence-electron chi connectivity index (χ4n) is 2.17. The first-order chi connectivity index (χ1) is 11.3. The number of nitrogens with two attached hydrogens (primary N) is 1. The van der Waals surface area contributed by atoms with Gasteiger partial charge in [-0.2, -0.15) is 0 Å². The number of anilines is 2. The normalized spacial score (nSPS) is 11.0. The zero-order chi connectivity index (χ0) is 17.7. The number of hydrogen-bond acceptors (Lipinski definition) is 4. The molecule has 0 aliphatic heterocycles. The van der Waals surface area contributed by atoms with Crippen LogP contribution in [-0.2, 0) is 10.2 Å². The molecule has 3 N–H and O–H groups in total. The topological polar surface area (TPSA) is 73.6 Å². The second-order valence-electron chi connectivity index (χ2n) is 6.56. The Balaban J connectivity index is 1.91. The molecule has 1 amide bonds. The summed E-state index contributed by atoms with van der Waals surface area (Å²) in [5, 5.41) is 2.72. The molecule has 0 saturated carbocycles. The van der Waals surface area contributed by atoms with Gasteiger partial charge in [0.2, 0.25) is 0 Å². The van der Waals surface area contributed by atoms with Crippen molar-refractivity contribution < 1.29 is 14.3 Å². The van der Waals surface area contributed by atoms with E-state index in [0.29, 0.717) is 22.9 Å². The summed E-state index contributed by atoms with van der Waals surface area (Å²) in [7, 11) is 1.56. The van der Waals surface area contributed by atoms with Crippen molar-refractivity contribution in [3.8, 4) is 11.5 Å². The summed E-state index contributed by atoms with van der Waals surface area (Å²) in [6.07, 6.45) is 0. The van der Waals surface area contributed by atoms with Crippen LogP contribution in [0.3, 0.4) is 0 Å². The molecule has 0 aliphatic carbocycles. The van der Waals surface area contributed by atoms with Crippen LogP contribution in [0.2, 0.25) is 0 Å². The minimum atomic E-state index is -0.272. The minimum absolute atomic E-state index is 0.0830. The van der Waals surface area contributed by atoms with E-state index in [9.17, 15) is 4.79 Å². The largest absolute Gasteiger partial charge is 0.497 e. The maximum absolute atomic E-state index is 12.0. The first-order valence-corrected chi connectivity index (χ1v) is 7.76. The molecule has 5 nitrogen and oxygen atoms in total. The Morgan fingerprint density at radius 3 is 2.25 bits per heavy atom. The van der Waals surface area contributed by atoms with Gasteiger partial charge in [0.05, 0.1) is 18.5 Å². The third-order valence-electron chi connectivity index (χ3n) is 3.62. The first kappa shape index (κ1) is 17.7. The van der Waals surface area contributed by atoms with E-state index in [2.05, 4.69) is 26.1 Å². The standard InChI is InChI=1S/C19H24N2O3/c1-19(2,3)13-5-7-14(8-6-13)24-12-18(22)21-17-10-9-15(23-4)11-16(17)20/h5-11H,12,20H2,1-4H3,(H,21,22). The monoisotopic (exact) mass is 328 g/mol. The van der Waals surface area contributed by atoms with Crippen LogP contribution >= 0.6 is 0 Å². The molecule has 0 heterocycles. The molecule has 5 heteroatoms. The van der Waals surface area contributed by atoms with E-state index in [1.807, 2.05) is 24.3 Å². The van der Waals surface area contributed by atoms with Gasteiger partial charge >= 0.3 is 0 Å². The van der Waals surface area contributed by atoms with Gasteiger partial charge in [0, 0.05) is 6.07 Å². The van der Waals surface area contributed by atoms with E-state index in [1.54, 1.807) is 25.3 Å². The molecule has 2 aromatic carbocycles. The minimum Gasteiger partial charge on any atom is -0.497 e. The molecule has 2 rings (SSSR count). The van der Waals surface area contributed by atoms with Gasteiger partial charge in [-0.05, 0) is 35.2 Å². The van der Waals surface area contributed by atoms with E-state index >= 15 is 0 Å². The third-order valence-corrected chi connectivity index (χ3v) is 3.62. The number of nitrogen functional groups attached to an aromatic ring is 1. The van der Waals surface area contributed by atoms with Gasteiger partial charge in [0.25, 0.3) is 5.91 Å². The van der Waals surface area contributed by atoms with Crippen LogP contribution in [0.15, 0.2) is 42.5 Å². The van der Waals surface area contributed by atoms with Crippen molar-refractivity contribution in [2.24, 2.45) is 0 Å². The highest BCUT2D eigenvalue weighted by atomic mass is 16.5. The molecule has 2 aromatic rings. The zero-order valence-electron chi connectivity index (χ0n) is 14.6. The molecule has 0 saturated heterocycles. The maximum atomic E-state index is 12.0. The summed E-state index contributed by atoms with van der Waals surface area (Å²) < 4.78 is 10.6. The zero-order valence-corrected chi connectivity index (χ0v) is 14.6. The number of methoxy groups -OCH3 is 1. The average Bonchev–Trinajstić information content (AvgIpc) is 2.54. The van der Waals surface area contributed by atoms with Crippen LogP contribution in [0.5, 0.6) is 11.5 Å². The van der Waals surface area contributed by atoms with Crippen LogP contribution in [-0.4, -0.2) is 19.6 Å². The van der Waals surface area contributed by atoms with Crippen LogP contribution in [0.25, 0.3) is 0 Å². The molecule has 0 radical (unpaired) electrons. The summed E-state index contributed by atoms with van der Waals surface area (Å²) in [5.41, 5.74) is 8.15. The smallest absolute Gasteiger partial charge is 0.262 e. The molecule has 0 aromatic heterocycles. The molecular formula is C19H24N2O3. The predicted octanol–water partition coefficient (Wildman–Crippen LogP) is 3.59. The van der Waals surface area contributed by atoms with Gasteiger partial charge < -0.3 is 20.5 Å². The Morgan fingerprint density at radius 1 is 1.08 bits per heavy atom. The predicted molar refractivity (Wildman–Crippen MR) is 96.7 cm³/mol. The number of benzene rings is 2. The summed E-state index contributed by atoms with van der Waals surface area (Å²) in [4.78, 5) is 12.0. The van der Waals surface area contributed by atoms with Crippen molar-refractivity contribution in [1.29, 1.82) is 0 Å². The molecule has 0 fully saturated rings. The quantitative estimate of drug-likeness (QED) is 0.823. The van der Waals surface area contributed by atoms with E-state index in [0.717, 1.165) is 0 Å².